The molecule has 1 aromatic rings. The molecule has 154 valence electrons. The van der Waals surface area contributed by atoms with Gasteiger partial charge in [0.25, 0.3) is 0 Å². The Morgan fingerprint density at radius 1 is 1.32 bits per heavy atom. The van der Waals surface area contributed by atoms with Gasteiger partial charge in [0.15, 0.2) is 0 Å². The summed E-state index contributed by atoms with van der Waals surface area (Å²) < 4.78 is 24.3. The fourth-order valence-corrected chi connectivity index (χ4v) is 5.00. The highest BCUT2D eigenvalue weighted by Gasteiger charge is 2.43. The molecule has 2 aliphatic heterocycles. The molecule has 3 aliphatic rings. The van der Waals surface area contributed by atoms with E-state index < -0.39 is 0 Å². The van der Waals surface area contributed by atoms with Crippen molar-refractivity contribution in [2.24, 2.45) is 11.8 Å². The standard InChI is InChI=1S/C21H30FN3O3/c1-24-7-8-28-13-18(24)21(26)23-20-15-3-4-16(20)12-25(11-15)10-14-5-6-17(22)9-19(14)27-2/h5-6,9,15-16,18,20H,3-4,7-8,10-13H2,1-2H3,(H,23,26)/t15-,16+,18-,20?/m1/s1. The highest BCUT2D eigenvalue weighted by Crippen LogP contribution is 2.38. The highest BCUT2D eigenvalue weighted by molar-refractivity contribution is 5.82. The van der Waals surface area contributed by atoms with Crippen molar-refractivity contribution >= 4 is 5.91 Å². The second-order valence-electron chi connectivity index (χ2n) is 8.35. The number of halogens is 1. The Kier molecular flexibility index (Phi) is 5.85. The number of hydrogen-bond acceptors (Lipinski definition) is 5. The zero-order chi connectivity index (χ0) is 19.7. The molecule has 2 heterocycles. The van der Waals surface area contributed by atoms with Gasteiger partial charge in [-0.25, -0.2) is 4.39 Å². The van der Waals surface area contributed by atoms with Gasteiger partial charge in [0.1, 0.15) is 17.6 Å². The van der Waals surface area contributed by atoms with E-state index in [4.69, 9.17) is 9.47 Å². The first-order chi connectivity index (χ1) is 13.5. The largest absolute Gasteiger partial charge is 0.496 e. The Balaban J connectivity index is 1.37. The van der Waals surface area contributed by atoms with Gasteiger partial charge < -0.3 is 14.8 Å². The number of morpholine rings is 1. The van der Waals surface area contributed by atoms with Crippen molar-refractivity contribution in [1.29, 1.82) is 0 Å². The van der Waals surface area contributed by atoms with E-state index in [9.17, 15) is 9.18 Å². The number of nitrogens with one attached hydrogen (secondary N) is 1. The van der Waals surface area contributed by atoms with Gasteiger partial charge in [-0.3, -0.25) is 14.6 Å². The van der Waals surface area contributed by atoms with Gasteiger partial charge in [-0.2, -0.15) is 0 Å². The van der Waals surface area contributed by atoms with Crippen LogP contribution in [0.1, 0.15) is 18.4 Å². The molecule has 1 saturated carbocycles. The van der Waals surface area contributed by atoms with Crippen LogP contribution in [0.5, 0.6) is 5.75 Å². The Labute approximate surface area is 166 Å². The molecule has 1 N–H and O–H groups in total. The fourth-order valence-electron chi connectivity index (χ4n) is 5.00. The molecule has 1 unspecified atom stereocenters. The molecular formula is C21H30FN3O3. The number of rotatable bonds is 5. The van der Waals surface area contributed by atoms with Gasteiger partial charge in [-0.05, 0) is 37.8 Å². The Bertz CT molecular complexity index is 702. The number of carbonyl (C=O) groups excluding carboxylic acids is 1. The molecule has 1 aromatic carbocycles. The number of likely N-dealkylation sites (N-methyl/N-ethyl adjacent to an activating group) is 1. The number of methoxy groups -OCH3 is 1. The number of carbonyl (C=O) groups is 1. The summed E-state index contributed by atoms with van der Waals surface area (Å²) in [5.74, 6) is 1.34. The molecule has 2 bridgehead atoms. The molecular weight excluding hydrogens is 361 g/mol. The normalized spacial score (nSPS) is 31.0. The molecule has 0 aromatic heterocycles. The maximum Gasteiger partial charge on any atom is 0.239 e. The van der Waals surface area contributed by atoms with E-state index in [0.29, 0.717) is 30.8 Å². The van der Waals surface area contributed by atoms with E-state index in [-0.39, 0.29) is 23.8 Å². The summed E-state index contributed by atoms with van der Waals surface area (Å²) in [6.45, 7) is 4.59. The Hall–Kier alpha value is -1.70. The lowest BCUT2D eigenvalue weighted by atomic mass is 9.91. The molecule has 0 spiro atoms. The summed E-state index contributed by atoms with van der Waals surface area (Å²) in [5.41, 5.74) is 1.01. The summed E-state index contributed by atoms with van der Waals surface area (Å²) in [6.07, 6.45) is 2.29. The van der Waals surface area contributed by atoms with Gasteiger partial charge in [-0.1, -0.05) is 6.07 Å². The average Bonchev–Trinajstić information content (AvgIpc) is 2.92. The quantitative estimate of drug-likeness (QED) is 0.824. The van der Waals surface area contributed by atoms with E-state index in [0.717, 1.165) is 44.6 Å². The van der Waals surface area contributed by atoms with Crippen LogP contribution in [0.2, 0.25) is 0 Å². The van der Waals surface area contributed by atoms with E-state index >= 15 is 0 Å². The van der Waals surface area contributed by atoms with E-state index in [1.165, 1.54) is 12.1 Å². The third-order valence-electron chi connectivity index (χ3n) is 6.56. The number of piperidine rings is 1. The lowest BCUT2D eigenvalue weighted by Crippen LogP contribution is -2.58. The van der Waals surface area contributed by atoms with Crippen LogP contribution in [-0.2, 0) is 16.1 Å². The number of hydrogen-bond donors (Lipinski definition) is 1. The number of amides is 1. The lowest BCUT2D eigenvalue weighted by Gasteiger charge is -2.40. The van der Waals surface area contributed by atoms with Crippen LogP contribution in [0, 0.1) is 17.7 Å². The van der Waals surface area contributed by atoms with Crippen LogP contribution in [0.3, 0.4) is 0 Å². The molecule has 2 saturated heterocycles. The third kappa shape index (κ3) is 4.02. The molecule has 0 radical (unpaired) electrons. The van der Waals surface area contributed by atoms with Crippen molar-refractivity contribution < 1.29 is 18.7 Å². The first-order valence-electron chi connectivity index (χ1n) is 10.2. The molecule has 7 heteroatoms. The number of likely N-dealkylation sites (tertiary alicyclic amines) is 1. The second kappa shape index (κ2) is 8.35. The molecule has 4 atom stereocenters. The smallest absolute Gasteiger partial charge is 0.239 e. The minimum absolute atomic E-state index is 0.0951. The van der Waals surface area contributed by atoms with Gasteiger partial charge >= 0.3 is 0 Å². The van der Waals surface area contributed by atoms with Crippen molar-refractivity contribution in [2.75, 3.05) is 47.0 Å². The number of nitrogens with zero attached hydrogens (tertiary/aromatic N) is 2. The maximum absolute atomic E-state index is 13.5. The molecule has 4 rings (SSSR count). The van der Waals surface area contributed by atoms with E-state index in [1.54, 1.807) is 7.11 Å². The number of ether oxygens (including phenoxy) is 2. The van der Waals surface area contributed by atoms with Gasteiger partial charge in [-0.15, -0.1) is 0 Å². The Morgan fingerprint density at radius 2 is 2.07 bits per heavy atom. The summed E-state index contributed by atoms with van der Waals surface area (Å²) in [5, 5.41) is 3.33. The molecule has 1 aliphatic carbocycles. The number of benzene rings is 1. The van der Waals surface area contributed by atoms with Crippen molar-refractivity contribution in [1.82, 2.24) is 15.1 Å². The summed E-state index contributed by atoms with van der Waals surface area (Å²) in [6, 6.07) is 4.80. The van der Waals surface area contributed by atoms with Crippen molar-refractivity contribution in [2.45, 2.75) is 31.5 Å². The zero-order valence-electron chi connectivity index (χ0n) is 16.7. The fraction of sp³-hybridized carbons (Fsp3) is 0.667. The third-order valence-corrected chi connectivity index (χ3v) is 6.56. The zero-order valence-corrected chi connectivity index (χ0v) is 16.7. The van der Waals surface area contributed by atoms with Gasteiger partial charge in [0, 0.05) is 43.9 Å². The Morgan fingerprint density at radius 3 is 2.75 bits per heavy atom. The lowest BCUT2D eigenvalue weighted by molar-refractivity contribution is -0.133. The van der Waals surface area contributed by atoms with Gasteiger partial charge in [0.2, 0.25) is 5.91 Å². The number of fused-ring (bicyclic) bond motifs is 2. The van der Waals surface area contributed by atoms with Crippen LogP contribution in [0.15, 0.2) is 18.2 Å². The van der Waals surface area contributed by atoms with Crippen LogP contribution in [-0.4, -0.2) is 74.8 Å². The first-order valence-corrected chi connectivity index (χ1v) is 10.2. The summed E-state index contributed by atoms with van der Waals surface area (Å²) >= 11 is 0. The molecule has 1 amide bonds. The SMILES string of the molecule is COc1cc(F)ccc1CN1C[C@H]2CC[C@@H](C1)C2NC(=O)[C@H]1COCCN1C. The van der Waals surface area contributed by atoms with E-state index in [1.807, 2.05) is 13.1 Å². The topological polar surface area (TPSA) is 54.0 Å². The van der Waals surface area contributed by atoms with Crippen LogP contribution >= 0.6 is 0 Å². The minimum Gasteiger partial charge on any atom is -0.496 e. The average molecular weight is 391 g/mol. The van der Waals surface area contributed by atoms with Crippen LogP contribution in [0.4, 0.5) is 4.39 Å². The van der Waals surface area contributed by atoms with Crippen LogP contribution < -0.4 is 10.1 Å². The van der Waals surface area contributed by atoms with Crippen molar-refractivity contribution in [3.8, 4) is 5.75 Å². The maximum atomic E-state index is 13.5. The van der Waals surface area contributed by atoms with E-state index in [2.05, 4.69) is 15.1 Å². The first kappa shape index (κ1) is 19.6. The minimum atomic E-state index is -0.279. The predicted molar refractivity (Wildman–Crippen MR) is 104 cm³/mol. The molecule has 28 heavy (non-hydrogen) atoms. The van der Waals surface area contributed by atoms with Crippen molar-refractivity contribution in [3.05, 3.63) is 29.6 Å². The molecule has 6 nitrogen and oxygen atoms in total. The highest BCUT2D eigenvalue weighted by atomic mass is 19.1. The predicted octanol–water partition coefficient (Wildman–Crippen LogP) is 1.49. The summed E-state index contributed by atoms with van der Waals surface area (Å²) in [4.78, 5) is 17.3. The monoisotopic (exact) mass is 391 g/mol. The van der Waals surface area contributed by atoms with Gasteiger partial charge in [0.05, 0.1) is 20.3 Å². The second-order valence-corrected chi connectivity index (χ2v) is 8.35. The van der Waals surface area contributed by atoms with Crippen molar-refractivity contribution in [3.63, 3.8) is 0 Å². The summed E-state index contributed by atoms with van der Waals surface area (Å²) in [7, 11) is 3.57. The molecule has 3 fully saturated rings. The van der Waals surface area contributed by atoms with Crippen LogP contribution in [0.25, 0.3) is 0 Å².